The predicted molar refractivity (Wildman–Crippen MR) is 185 cm³/mol. The van der Waals surface area contributed by atoms with Crippen molar-refractivity contribution < 1.29 is 42.7 Å². The average molecular weight is 691 g/mol. The molecular weight excluding hydrogens is 636 g/mol. The zero-order valence-corrected chi connectivity index (χ0v) is 30.4. The van der Waals surface area contributed by atoms with Crippen molar-refractivity contribution >= 4 is 17.8 Å². The molecule has 9 nitrogen and oxygen atoms in total. The van der Waals surface area contributed by atoms with E-state index < -0.39 is 42.0 Å². The first-order chi connectivity index (χ1) is 23.3. The SMILES string of the molecule is CCCCO[C@@H]1[C@@H](OCCCC)[C@@]2(c3ccc(Cl)c(Cc4ccc(OCC)cc4)c3)OC[C@](C(C)OC(=O)OCC)(O2)[C@H]1OCCCC. The number of benzene rings is 2. The number of hydrogen-bond donors (Lipinski definition) is 0. The summed E-state index contributed by atoms with van der Waals surface area (Å²) in [5.41, 5.74) is 1.52. The maximum absolute atomic E-state index is 12.7. The minimum atomic E-state index is -1.39. The number of rotatable bonds is 20. The van der Waals surface area contributed by atoms with Gasteiger partial charge in [0.15, 0.2) is 5.60 Å². The molecule has 0 N–H and O–H groups in total. The van der Waals surface area contributed by atoms with Crippen molar-refractivity contribution in [1.82, 2.24) is 0 Å². The summed E-state index contributed by atoms with van der Waals surface area (Å²) in [6.07, 6.45) is 2.54. The minimum Gasteiger partial charge on any atom is -0.494 e. The van der Waals surface area contributed by atoms with Gasteiger partial charge in [-0.2, -0.15) is 0 Å². The Hall–Kier alpha value is -2.40. The van der Waals surface area contributed by atoms with E-state index in [9.17, 15) is 4.79 Å². The molecule has 48 heavy (non-hydrogen) atoms. The smallest absolute Gasteiger partial charge is 0.494 e. The van der Waals surface area contributed by atoms with Gasteiger partial charge in [0, 0.05) is 30.4 Å². The molecule has 0 aromatic heterocycles. The monoisotopic (exact) mass is 690 g/mol. The molecular formula is C38H55ClO9. The lowest BCUT2D eigenvalue weighted by molar-refractivity contribution is -0.355. The first-order valence-electron chi connectivity index (χ1n) is 17.8. The Morgan fingerprint density at radius 3 is 2.15 bits per heavy atom. The van der Waals surface area contributed by atoms with Crippen LogP contribution in [0.15, 0.2) is 42.5 Å². The van der Waals surface area contributed by atoms with Gasteiger partial charge in [0.05, 0.1) is 19.8 Å². The molecule has 0 radical (unpaired) electrons. The highest BCUT2D eigenvalue weighted by Gasteiger charge is 2.71. The molecule has 2 aliphatic heterocycles. The van der Waals surface area contributed by atoms with Gasteiger partial charge < -0.3 is 37.9 Å². The third-order valence-electron chi connectivity index (χ3n) is 9.01. The summed E-state index contributed by atoms with van der Waals surface area (Å²) < 4.78 is 50.8. The molecule has 0 aliphatic carbocycles. The van der Waals surface area contributed by atoms with Crippen LogP contribution in [0.25, 0.3) is 0 Å². The number of hydrogen-bond acceptors (Lipinski definition) is 9. The third-order valence-corrected chi connectivity index (χ3v) is 9.37. The van der Waals surface area contributed by atoms with Crippen LogP contribution in [0.1, 0.15) is 96.8 Å². The van der Waals surface area contributed by atoms with Gasteiger partial charge in [-0.15, -0.1) is 0 Å². The molecule has 6 atom stereocenters. The van der Waals surface area contributed by atoms with Crippen LogP contribution in [-0.2, 0) is 45.4 Å². The Morgan fingerprint density at radius 1 is 0.875 bits per heavy atom. The standard InChI is InChI=1S/C38H55ClO9/c1-7-12-21-43-33-34(44-22-13-8-2)37(27(6)47-36(40)42-11-5)26-46-38(48-37,35(33)45-23-14-9-3)30-17-20-32(39)29(25-30)24-28-15-18-31(19-16-28)41-10-4/h15-20,25,27,33-35H,7-14,21-24,26H2,1-6H3/t27?,33-,34-,35+,37+,38-/m0/s1. The summed E-state index contributed by atoms with van der Waals surface area (Å²) in [7, 11) is 0. The number of halogens is 1. The fourth-order valence-corrected chi connectivity index (χ4v) is 6.52. The van der Waals surface area contributed by atoms with E-state index in [0.717, 1.165) is 61.0 Å². The lowest BCUT2D eigenvalue weighted by Gasteiger charge is -2.52. The number of fused-ring (bicyclic) bond motifs is 2. The van der Waals surface area contributed by atoms with Crippen LogP contribution in [0.3, 0.4) is 0 Å². The van der Waals surface area contributed by atoms with E-state index in [-0.39, 0.29) is 13.2 Å². The van der Waals surface area contributed by atoms with E-state index >= 15 is 0 Å². The molecule has 0 saturated carbocycles. The Kier molecular flexibility index (Phi) is 14.8. The Morgan fingerprint density at radius 2 is 1.52 bits per heavy atom. The summed E-state index contributed by atoms with van der Waals surface area (Å²) in [5, 5.41) is 0.628. The lowest BCUT2D eigenvalue weighted by atomic mass is 9.80. The molecule has 268 valence electrons. The number of unbranched alkanes of at least 4 members (excludes halogenated alkanes) is 3. The van der Waals surface area contributed by atoms with Crippen molar-refractivity contribution in [3.05, 3.63) is 64.2 Å². The summed E-state index contributed by atoms with van der Waals surface area (Å²) >= 11 is 6.82. The molecule has 4 rings (SSSR count). The van der Waals surface area contributed by atoms with Gasteiger partial charge in [-0.3, -0.25) is 0 Å². The molecule has 0 spiro atoms. The summed E-state index contributed by atoms with van der Waals surface area (Å²) in [5.74, 6) is -0.568. The molecule has 2 fully saturated rings. The second kappa shape index (κ2) is 18.6. The molecule has 2 aliphatic rings. The third kappa shape index (κ3) is 8.84. The van der Waals surface area contributed by atoms with Crippen LogP contribution >= 0.6 is 11.6 Å². The fraction of sp³-hybridized carbons (Fsp3) is 0.658. The van der Waals surface area contributed by atoms with E-state index in [0.29, 0.717) is 37.9 Å². The van der Waals surface area contributed by atoms with Crippen molar-refractivity contribution in [3.8, 4) is 5.75 Å². The quantitative estimate of drug-likeness (QED) is 0.100. The van der Waals surface area contributed by atoms with Gasteiger partial charge in [0.1, 0.15) is 30.2 Å². The van der Waals surface area contributed by atoms with Crippen LogP contribution in [0, 0.1) is 0 Å². The van der Waals surface area contributed by atoms with E-state index in [1.165, 1.54) is 0 Å². The topological polar surface area (TPSA) is 90.9 Å². The van der Waals surface area contributed by atoms with Crippen molar-refractivity contribution in [2.24, 2.45) is 0 Å². The van der Waals surface area contributed by atoms with E-state index in [4.69, 9.17) is 49.5 Å². The molecule has 2 saturated heterocycles. The van der Waals surface area contributed by atoms with Crippen molar-refractivity contribution in [2.75, 3.05) is 39.6 Å². The normalized spacial score (nSPS) is 25.5. The van der Waals surface area contributed by atoms with E-state index in [2.05, 4.69) is 20.8 Å². The lowest BCUT2D eigenvalue weighted by Crippen LogP contribution is -2.70. The zero-order valence-electron chi connectivity index (χ0n) is 29.6. The summed E-state index contributed by atoms with van der Waals surface area (Å²) in [6, 6.07) is 13.8. The second-order valence-electron chi connectivity index (χ2n) is 12.5. The van der Waals surface area contributed by atoms with Crippen LogP contribution in [0.4, 0.5) is 4.79 Å². The highest BCUT2D eigenvalue weighted by Crippen LogP contribution is 2.54. The van der Waals surface area contributed by atoms with Crippen molar-refractivity contribution in [3.63, 3.8) is 0 Å². The van der Waals surface area contributed by atoms with Crippen LogP contribution in [-0.4, -0.2) is 75.8 Å². The maximum atomic E-state index is 12.7. The van der Waals surface area contributed by atoms with Gasteiger partial charge in [-0.25, -0.2) is 4.79 Å². The van der Waals surface area contributed by atoms with Gasteiger partial charge in [-0.05, 0) is 81.8 Å². The van der Waals surface area contributed by atoms with Crippen LogP contribution in [0.5, 0.6) is 5.75 Å². The van der Waals surface area contributed by atoms with Crippen molar-refractivity contribution in [1.29, 1.82) is 0 Å². The summed E-state index contributed by atoms with van der Waals surface area (Å²) in [4.78, 5) is 12.7. The van der Waals surface area contributed by atoms with E-state index in [1.807, 2.05) is 49.4 Å². The first-order valence-corrected chi connectivity index (χ1v) is 18.2. The van der Waals surface area contributed by atoms with Gasteiger partial charge in [-0.1, -0.05) is 69.8 Å². The fourth-order valence-electron chi connectivity index (χ4n) is 6.33. The molecule has 2 aromatic rings. The molecule has 2 bridgehead atoms. The Bertz CT molecular complexity index is 1270. The Labute approximate surface area is 291 Å². The second-order valence-corrected chi connectivity index (χ2v) is 12.9. The van der Waals surface area contributed by atoms with Crippen LogP contribution < -0.4 is 4.74 Å². The van der Waals surface area contributed by atoms with Crippen LogP contribution in [0.2, 0.25) is 5.02 Å². The number of carbonyl (C=O) groups is 1. The largest absolute Gasteiger partial charge is 0.508 e. The van der Waals surface area contributed by atoms with Crippen molar-refractivity contribution in [2.45, 2.75) is 122 Å². The molecule has 0 amide bonds. The minimum absolute atomic E-state index is 0.0858. The molecule has 1 unspecified atom stereocenters. The number of carbonyl (C=O) groups excluding carboxylic acids is 1. The predicted octanol–water partition coefficient (Wildman–Crippen LogP) is 8.40. The highest BCUT2D eigenvalue weighted by molar-refractivity contribution is 6.31. The maximum Gasteiger partial charge on any atom is 0.508 e. The molecule has 2 aromatic carbocycles. The molecule has 10 heteroatoms. The Balaban J connectivity index is 1.81. The number of ether oxygens (including phenoxy) is 8. The first kappa shape index (κ1) is 38.4. The van der Waals surface area contributed by atoms with Gasteiger partial charge in [0.25, 0.3) is 0 Å². The van der Waals surface area contributed by atoms with Gasteiger partial charge in [0.2, 0.25) is 5.79 Å². The average Bonchev–Trinajstić information content (AvgIpc) is 3.45. The highest BCUT2D eigenvalue weighted by atomic mass is 35.5. The van der Waals surface area contributed by atoms with E-state index in [1.54, 1.807) is 13.8 Å². The summed E-state index contributed by atoms with van der Waals surface area (Å²) in [6.45, 7) is 14.2. The molecule has 2 heterocycles. The van der Waals surface area contributed by atoms with Gasteiger partial charge >= 0.3 is 6.16 Å². The zero-order chi connectivity index (χ0) is 34.6.